The fourth-order valence-corrected chi connectivity index (χ4v) is 13.2. The van der Waals surface area contributed by atoms with Gasteiger partial charge in [-0.15, -0.1) is 22.7 Å². The summed E-state index contributed by atoms with van der Waals surface area (Å²) >= 11 is 4.45. The predicted molar refractivity (Wildman–Crippen MR) is 307 cm³/mol. The molecule has 4 heterocycles. The van der Waals surface area contributed by atoms with Gasteiger partial charge in [0.1, 0.15) is 22.6 Å². The van der Waals surface area contributed by atoms with Crippen molar-refractivity contribution in [1.82, 2.24) is 13.3 Å². The Morgan fingerprint density at radius 2 is 1.04 bits per heavy atom. The van der Waals surface area contributed by atoms with E-state index < -0.39 is 0 Å². The van der Waals surface area contributed by atoms with E-state index in [9.17, 15) is 0 Å². The van der Waals surface area contributed by atoms with Crippen molar-refractivity contribution in [2.24, 2.45) is 0 Å². The molecule has 0 N–H and O–H groups in total. The molecular formula is C63H72FN3OS3. The zero-order valence-corrected chi connectivity index (χ0v) is 44.8. The molecule has 0 spiro atoms. The summed E-state index contributed by atoms with van der Waals surface area (Å²) in [7, 11) is 0. The fourth-order valence-electron chi connectivity index (χ4n) is 10.6. The van der Waals surface area contributed by atoms with Crippen molar-refractivity contribution in [3.63, 3.8) is 0 Å². The Morgan fingerprint density at radius 1 is 0.493 bits per heavy atom. The lowest BCUT2D eigenvalue weighted by molar-refractivity contribution is 0.308. The molecule has 9 aromatic rings. The number of hydrogen-bond donors (Lipinski definition) is 0. The second-order valence-electron chi connectivity index (χ2n) is 19.7. The second kappa shape index (κ2) is 25.5. The summed E-state index contributed by atoms with van der Waals surface area (Å²) in [6.07, 6.45) is 25.2. The van der Waals surface area contributed by atoms with Crippen LogP contribution in [0.15, 0.2) is 121 Å². The van der Waals surface area contributed by atoms with E-state index >= 15 is 4.39 Å². The summed E-state index contributed by atoms with van der Waals surface area (Å²) in [5.41, 5.74) is 9.96. The lowest BCUT2D eigenvalue weighted by Gasteiger charge is -2.23. The number of halogens is 1. The zero-order valence-electron chi connectivity index (χ0n) is 42.3. The third kappa shape index (κ3) is 12.2. The molecule has 0 saturated heterocycles. The van der Waals surface area contributed by atoms with Crippen LogP contribution in [0.25, 0.3) is 85.7 Å². The summed E-state index contributed by atoms with van der Waals surface area (Å²) in [6, 6.07) is 43.5. The van der Waals surface area contributed by atoms with Crippen LogP contribution in [0.1, 0.15) is 155 Å². The third-order valence-electron chi connectivity index (χ3n) is 14.4. The van der Waals surface area contributed by atoms with Crippen molar-refractivity contribution >= 4 is 67.2 Å². The van der Waals surface area contributed by atoms with Crippen molar-refractivity contribution in [3.8, 4) is 58.6 Å². The van der Waals surface area contributed by atoms with Gasteiger partial charge in [0.2, 0.25) is 0 Å². The molecule has 0 fully saturated rings. The maximum Gasteiger partial charge on any atom is 0.134 e. The molecule has 8 heteroatoms. The van der Waals surface area contributed by atoms with Gasteiger partial charge >= 0.3 is 0 Å². The van der Waals surface area contributed by atoms with E-state index in [1.54, 1.807) is 28.7 Å². The van der Waals surface area contributed by atoms with Gasteiger partial charge in [0, 0.05) is 41.9 Å². The monoisotopic (exact) mass is 1000 g/mol. The number of thiophene rings is 2. The van der Waals surface area contributed by atoms with Gasteiger partial charge in [-0.05, 0) is 90.0 Å². The maximum absolute atomic E-state index is 16.6. The molecule has 0 amide bonds. The van der Waals surface area contributed by atoms with E-state index in [1.807, 2.05) is 24.3 Å². The number of benzene rings is 5. The van der Waals surface area contributed by atoms with Crippen molar-refractivity contribution < 1.29 is 9.13 Å². The highest BCUT2D eigenvalue weighted by Gasteiger charge is 2.25. The Bertz CT molecular complexity index is 3060. The summed E-state index contributed by atoms with van der Waals surface area (Å²) in [5.74, 6) is 0.724. The smallest absolute Gasteiger partial charge is 0.134 e. The number of hydrogen-bond acceptors (Lipinski definition) is 6. The highest BCUT2D eigenvalue weighted by atomic mass is 32.1. The lowest BCUT2D eigenvalue weighted by atomic mass is 9.99. The van der Waals surface area contributed by atoms with Crippen LogP contribution in [0, 0.1) is 5.82 Å². The number of fused-ring (bicyclic) bond motifs is 4. The van der Waals surface area contributed by atoms with Crippen LogP contribution < -0.4 is 4.74 Å². The van der Waals surface area contributed by atoms with E-state index in [0.717, 1.165) is 72.9 Å². The van der Waals surface area contributed by atoms with Crippen LogP contribution in [0.5, 0.6) is 5.75 Å². The minimum Gasteiger partial charge on any atom is -0.493 e. The van der Waals surface area contributed by atoms with Gasteiger partial charge in [0.25, 0.3) is 0 Å². The third-order valence-corrected chi connectivity index (χ3v) is 17.3. The SMILES string of the molecule is CCCCCCCCOc1cc(-c2ccccc2)cc2c1c1ccc(-c3ccc(-c4cc(F)c(-c5ccc(-c6ccccc6)s5)c5nsnc45)s3)cc1n2C(CCCCCCCC)CCCCCCCC. The number of ether oxygens (including phenoxy) is 1. The first kappa shape index (κ1) is 50.8. The standard InChI is InChI=1S/C63H72FN3OS3/c1-4-7-10-13-16-25-32-49(33-26-17-14-11-8-5-2)67-53-41-47(34-35-50(53)60-54(67)42-48(45-28-21-19-22-29-45)43-55(60)68-40-27-18-15-12-9-6-3)57-36-38-58(69-57)51-44-52(64)61(63-62(51)65-71-66-63)59-39-37-56(70-59)46-30-23-20-24-31-46/h19-24,28-31,34-39,41-44,49H,4-18,25-27,32-33,40H2,1-3H3. The van der Waals surface area contributed by atoms with Gasteiger partial charge in [-0.3, -0.25) is 0 Å². The van der Waals surface area contributed by atoms with E-state index in [0.29, 0.717) is 23.7 Å². The van der Waals surface area contributed by atoms with Gasteiger partial charge in [-0.25, -0.2) is 4.39 Å². The molecule has 71 heavy (non-hydrogen) atoms. The molecule has 5 aromatic carbocycles. The number of rotatable bonds is 28. The van der Waals surface area contributed by atoms with Crippen molar-refractivity contribution in [2.75, 3.05) is 6.61 Å². The minimum absolute atomic E-state index is 0.270. The second-order valence-corrected chi connectivity index (χ2v) is 22.4. The van der Waals surface area contributed by atoms with Gasteiger partial charge < -0.3 is 9.30 Å². The lowest BCUT2D eigenvalue weighted by Crippen LogP contribution is -2.10. The van der Waals surface area contributed by atoms with Crippen LogP contribution in [0.2, 0.25) is 0 Å². The Morgan fingerprint density at radius 3 is 1.72 bits per heavy atom. The largest absolute Gasteiger partial charge is 0.493 e. The molecule has 0 aliphatic heterocycles. The topological polar surface area (TPSA) is 39.9 Å². The Kier molecular flexibility index (Phi) is 18.2. The quantitative estimate of drug-likeness (QED) is 0.0459. The van der Waals surface area contributed by atoms with Gasteiger partial charge in [0.15, 0.2) is 0 Å². The van der Waals surface area contributed by atoms with Crippen LogP contribution in [-0.2, 0) is 0 Å². The number of unbranched alkanes of at least 4 members (excludes halogenated alkanes) is 15. The molecular weight excluding hydrogens is 930 g/mol. The van der Waals surface area contributed by atoms with Crippen molar-refractivity contribution in [2.45, 2.75) is 155 Å². The van der Waals surface area contributed by atoms with Gasteiger partial charge in [0.05, 0.1) is 34.9 Å². The number of nitrogens with zero attached hydrogens (tertiary/aromatic N) is 3. The summed E-state index contributed by atoms with van der Waals surface area (Å²) in [6.45, 7) is 7.61. The molecule has 4 nitrogen and oxygen atoms in total. The fraction of sp³-hybridized carbons (Fsp3) is 0.397. The normalized spacial score (nSPS) is 11.8. The predicted octanol–water partition coefficient (Wildman–Crippen LogP) is 21.2. The van der Waals surface area contributed by atoms with Crippen molar-refractivity contribution in [3.05, 3.63) is 127 Å². The molecule has 4 aromatic heterocycles. The van der Waals surface area contributed by atoms with Gasteiger partial charge in [-0.2, -0.15) is 8.75 Å². The first-order chi connectivity index (χ1) is 35.1. The first-order valence-electron chi connectivity index (χ1n) is 27.1. The maximum atomic E-state index is 16.6. The van der Waals surface area contributed by atoms with Gasteiger partial charge in [-0.1, -0.05) is 203 Å². The molecule has 9 rings (SSSR count). The van der Waals surface area contributed by atoms with E-state index in [-0.39, 0.29) is 5.82 Å². The average molecular weight is 1000 g/mol. The highest BCUT2D eigenvalue weighted by molar-refractivity contribution is 7.19. The van der Waals surface area contributed by atoms with Crippen LogP contribution in [-0.4, -0.2) is 19.9 Å². The Hall–Kier alpha value is -5.15. The highest BCUT2D eigenvalue weighted by Crippen LogP contribution is 2.47. The van der Waals surface area contributed by atoms with E-state index in [2.05, 4.69) is 116 Å². The molecule has 0 atom stereocenters. The Balaban J connectivity index is 1.12. The molecule has 0 aliphatic rings. The Labute approximate surface area is 434 Å². The first-order valence-corrected chi connectivity index (χ1v) is 29.4. The summed E-state index contributed by atoms with van der Waals surface area (Å²) in [5, 5.41) is 2.49. The van der Waals surface area contributed by atoms with Crippen molar-refractivity contribution in [1.29, 1.82) is 0 Å². The molecule has 0 bridgehead atoms. The van der Waals surface area contributed by atoms with E-state index in [4.69, 9.17) is 13.5 Å². The minimum atomic E-state index is -0.270. The molecule has 0 radical (unpaired) electrons. The zero-order chi connectivity index (χ0) is 48.8. The number of aromatic nitrogens is 3. The van der Waals surface area contributed by atoms with Crippen LogP contribution in [0.3, 0.4) is 0 Å². The molecule has 0 saturated carbocycles. The molecule has 0 aliphatic carbocycles. The summed E-state index contributed by atoms with van der Waals surface area (Å²) in [4.78, 5) is 4.10. The van der Waals surface area contributed by atoms with E-state index in [1.165, 1.54) is 148 Å². The molecule has 0 unspecified atom stereocenters. The van der Waals surface area contributed by atoms with Crippen LogP contribution in [0.4, 0.5) is 4.39 Å². The summed E-state index contributed by atoms with van der Waals surface area (Å²) < 4.78 is 35.8. The van der Waals surface area contributed by atoms with Crippen LogP contribution >= 0.6 is 34.4 Å². The average Bonchev–Trinajstić information content (AvgIpc) is 4.25. The molecule has 370 valence electrons.